The van der Waals surface area contributed by atoms with Crippen molar-refractivity contribution >= 4 is 17.2 Å². The van der Waals surface area contributed by atoms with Gasteiger partial charge >= 0.3 is 0 Å². The van der Waals surface area contributed by atoms with Gasteiger partial charge in [-0.05, 0) is 44.9 Å². The van der Waals surface area contributed by atoms with E-state index in [1.54, 1.807) is 31.1 Å². The summed E-state index contributed by atoms with van der Waals surface area (Å²) in [6.45, 7) is 3.82. The second kappa shape index (κ2) is 7.63. The molecule has 3 aliphatic rings. The molecule has 172 valence electrons. The predicted molar refractivity (Wildman–Crippen MR) is 118 cm³/mol. The van der Waals surface area contributed by atoms with Crippen molar-refractivity contribution in [1.82, 2.24) is 29.5 Å². The molecule has 0 aromatic carbocycles. The van der Waals surface area contributed by atoms with Crippen LogP contribution in [0.2, 0.25) is 0 Å². The molecular weight excluding hydrogens is 422 g/mol. The standard InChI is InChI=1S/C23H27N7O3/c1-22(2)32-17-14(6-7-15-25-10-5-11-26-15)31-21(18(17)33-22)30-13-29-16-19(27-12-28-20(16)30)23(24)8-3-4-9-23/h5-7,10-14,17-18,21H,3-4,8-9,24H2,1-2H3/t14-,17-,18-,21-/m1/s1. The van der Waals surface area contributed by atoms with Crippen LogP contribution >= 0.6 is 0 Å². The molecule has 2 N–H and O–H groups in total. The monoisotopic (exact) mass is 449 g/mol. The van der Waals surface area contributed by atoms with Gasteiger partial charge in [0.15, 0.2) is 23.5 Å². The van der Waals surface area contributed by atoms with E-state index in [1.165, 1.54) is 0 Å². The zero-order valence-corrected chi connectivity index (χ0v) is 18.7. The fourth-order valence-corrected chi connectivity index (χ4v) is 5.21. The molecule has 0 amide bonds. The molecular formula is C23H27N7O3. The van der Waals surface area contributed by atoms with Crippen molar-refractivity contribution in [1.29, 1.82) is 0 Å². The summed E-state index contributed by atoms with van der Waals surface area (Å²) in [5.41, 5.74) is 8.46. The molecule has 1 saturated carbocycles. The quantitative estimate of drug-likeness (QED) is 0.640. The Hall–Kier alpha value is -2.79. The number of hydrogen-bond acceptors (Lipinski definition) is 9. The minimum atomic E-state index is -0.728. The van der Waals surface area contributed by atoms with Crippen molar-refractivity contribution < 1.29 is 14.2 Å². The van der Waals surface area contributed by atoms with Crippen LogP contribution in [0, 0.1) is 0 Å². The van der Waals surface area contributed by atoms with E-state index < -0.39 is 17.6 Å². The molecule has 33 heavy (non-hydrogen) atoms. The van der Waals surface area contributed by atoms with Crippen LogP contribution in [0.25, 0.3) is 17.2 Å². The Morgan fingerprint density at radius 1 is 1.03 bits per heavy atom. The summed E-state index contributed by atoms with van der Waals surface area (Å²) in [4.78, 5) is 22.2. The summed E-state index contributed by atoms with van der Waals surface area (Å²) in [5.74, 6) is -0.122. The molecule has 3 aromatic heterocycles. The third-order valence-electron chi connectivity index (χ3n) is 6.69. The van der Waals surface area contributed by atoms with Crippen molar-refractivity contribution in [2.45, 2.75) is 75.4 Å². The van der Waals surface area contributed by atoms with E-state index in [-0.39, 0.29) is 18.3 Å². The summed E-state index contributed by atoms with van der Waals surface area (Å²) >= 11 is 0. The van der Waals surface area contributed by atoms with Gasteiger partial charge in [0.2, 0.25) is 0 Å². The van der Waals surface area contributed by atoms with Crippen LogP contribution in [-0.2, 0) is 19.7 Å². The van der Waals surface area contributed by atoms with Crippen LogP contribution in [0.1, 0.15) is 57.3 Å². The SMILES string of the molecule is CC1(C)O[C@@H]2[C@H](O1)[C@@H](C=Cc1ncccn1)O[C@H]2n1cnc2c(C3(N)CCCC3)ncnc21. The second-order valence-corrected chi connectivity index (χ2v) is 9.43. The Kier molecular flexibility index (Phi) is 4.80. The van der Waals surface area contributed by atoms with Gasteiger partial charge in [-0.3, -0.25) is 4.57 Å². The van der Waals surface area contributed by atoms with Crippen LogP contribution < -0.4 is 5.73 Å². The number of ether oxygens (including phenoxy) is 3. The Bertz CT molecular complexity index is 1190. The lowest BCUT2D eigenvalue weighted by Gasteiger charge is -2.24. The molecule has 10 heteroatoms. The number of rotatable bonds is 4. The van der Waals surface area contributed by atoms with Gasteiger partial charge < -0.3 is 19.9 Å². The van der Waals surface area contributed by atoms with Gasteiger partial charge in [-0.15, -0.1) is 0 Å². The molecule has 1 aliphatic carbocycles. The first-order valence-corrected chi connectivity index (χ1v) is 11.4. The molecule has 10 nitrogen and oxygen atoms in total. The van der Waals surface area contributed by atoms with Crippen molar-refractivity contribution in [2.24, 2.45) is 5.73 Å². The molecule has 5 heterocycles. The number of aromatic nitrogens is 6. The van der Waals surface area contributed by atoms with E-state index in [2.05, 4.69) is 24.9 Å². The molecule has 0 unspecified atom stereocenters. The predicted octanol–water partition coefficient (Wildman–Crippen LogP) is 2.48. The average Bonchev–Trinajstić information content (AvgIpc) is 3.56. The van der Waals surface area contributed by atoms with Gasteiger partial charge in [0, 0.05) is 12.4 Å². The Morgan fingerprint density at radius 2 is 1.79 bits per heavy atom. The van der Waals surface area contributed by atoms with Gasteiger partial charge in [-0.25, -0.2) is 24.9 Å². The van der Waals surface area contributed by atoms with Crippen LogP contribution in [0.3, 0.4) is 0 Å². The van der Waals surface area contributed by atoms with Crippen molar-refractivity contribution in [3.63, 3.8) is 0 Å². The minimum Gasteiger partial charge on any atom is -0.345 e. The molecule has 0 bridgehead atoms. The lowest BCUT2D eigenvalue weighted by atomic mass is 9.94. The molecule has 4 atom stereocenters. The van der Waals surface area contributed by atoms with Crippen molar-refractivity contribution in [3.8, 4) is 0 Å². The van der Waals surface area contributed by atoms with Gasteiger partial charge in [0.25, 0.3) is 0 Å². The highest BCUT2D eigenvalue weighted by molar-refractivity contribution is 5.74. The van der Waals surface area contributed by atoms with E-state index in [4.69, 9.17) is 19.9 Å². The zero-order valence-electron chi connectivity index (χ0n) is 18.7. The van der Waals surface area contributed by atoms with Gasteiger partial charge in [-0.2, -0.15) is 0 Å². The fourth-order valence-electron chi connectivity index (χ4n) is 5.21. The number of fused-ring (bicyclic) bond motifs is 2. The highest BCUT2D eigenvalue weighted by atomic mass is 16.8. The van der Waals surface area contributed by atoms with Crippen LogP contribution in [0.4, 0.5) is 0 Å². The second-order valence-electron chi connectivity index (χ2n) is 9.43. The minimum absolute atomic E-state index is 0.292. The summed E-state index contributed by atoms with van der Waals surface area (Å²) in [7, 11) is 0. The summed E-state index contributed by atoms with van der Waals surface area (Å²) in [6.07, 6.45) is 13.0. The molecule has 0 spiro atoms. The third kappa shape index (κ3) is 3.54. The zero-order chi connectivity index (χ0) is 22.6. The molecule has 3 fully saturated rings. The first-order chi connectivity index (χ1) is 15.9. The number of imidazole rings is 1. The van der Waals surface area contributed by atoms with Crippen LogP contribution in [0.5, 0.6) is 0 Å². The number of hydrogen-bond donors (Lipinski definition) is 1. The first-order valence-electron chi connectivity index (χ1n) is 11.4. The van der Waals surface area contributed by atoms with Crippen LogP contribution in [0.15, 0.2) is 37.2 Å². The molecule has 0 radical (unpaired) electrons. The van der Waals surface area contributed by atoms with Crippen molar-refractivity contribution in [2.75, 3.05) is 0 Å². The van der Waals surface area contributed by atoms with Crippen molar-refractivity contribution in [3.05, 3.63) is 48.7 Å². The normalized spacial score (nSPS) is 30.4. The molecule has 3 aromatic rings. The Labute approximate surface area is 191 Å². The number of nitrogens with two attached hydrogens (primary N) is 1. The summed E-state index contributed by atoms with van der Waals surface area (Å²) in [6, 6.07) is 1.78. The molecule has 2 aliphatic heterocycles. The highest BCUT2D eigenvalue weighted by Crippen LogP contribution is 2.45. The van der Waals surface area contributed by atoms with Gasteiger partial charge in [0.1, 0.15) is 30.2 Å². The van der Waals surface area contributed by atoms with E-state index in [0.29, 0.717) is 11.5 Å². The largest absolute Gasteiger partial charge is 0.345 e. The third-order valence-corrected chi connectivity index (χ3v) is 6.69. The Morgan fingerprint density at radius 3 is 2.58 bits per heavy atom. The highest BCUT2D eigenvalue weighted by Gasteiger charge is 2.55. The average molecular weight is 450 g/mol. The van der Waals surface area contributed by atoms with E-state index in [1.807, 2.05) is 30.6 Å². The van der Waals surface area contributed by atoms with Gasteiger partial charge in [0.05, 0.1) is 17.6 Å². The maximum Gasteiger partial charge on any atom is 0.166 e. The lowest BCUT2D eigenvalue weighted by Crippen LogP contribution is -2.34. The van der Waals surface area contributed by atoms with Crippen LogP contribution in [-0.4, -0.2) is 53.6 Å². The molecule has 2 saturated heterocycles. The smallest absolute Gasteiger partial charge is 0.166 e. The fraction of sp³-hybridized carbons (Fsp3) is 0.522. The first kappa shape index (κ1) is 20.8. The summed E-state index contributed by atoms with van der Waals surface area (Å²) in [5, 5.41) is 0. The Balaban J connectivity index is 1.36. The van der Waals surface area contributed by atoms with Gasteiger partial charge in [-0.1, -0.05) is 12.8 Å². The van der Waals surface area contributed by atoms with E-state index >= 15 is 0 Å². The topological polar surface area (TPSA) is 123 Å². The summed E-state index contributed by atoms with van der Waals surface area (Å²) < 4.78 is 20.8. The maximum absolute atomic E-state index is 6.71. The maximum atomic E-state index is 6.71. The number of nitrogens with zero attached hydrogens (tertiary/aromatic N) is 6. The van der Waals surface area contributed by atoms with E-state index in [9.17, 15) is 0 Å². The lowest BCUT2D eigenvalue weighted by molar-refractivity contribution is -0.191. The van der Waals surface area contributed by atoms with E-state index in [0.717, 1.165) is 36.9 Å². The molecule has 6 rings (SSSR count).